The van der Waals surface area contributed by atoms with Gasteiger partial charge in [0, 0.05) is 24.2 Å². The first-order valence-electron chi connectivity index (χ1n) is 5.52. The van der Waals surface area contributed by atoms with Crippen LogP contribution in [0.3, 0.4) is 0 Å². The van der Waals surface area contributed by atoms with Crippen molar-refractivity contribution in [2.75, 3.05) is 14.2 Å². The lowest BCUT2D eigenvalue weighted by Crippen LogP contribution is -2.25. The molecular weight excluding hydrogens is 216 g/mol. The summed E-state index contributed by atoms with van der Waals surface area (Å²) < 4.78 is 10.4. The van der Waals surface area contributed by atoms with Crippen LogP contribution in [-0.4, -0.2) is 20.3 Å². The molecule has 1 aromatic carbocycles. The summed E-state index contributed by atoms with van der Waals surface area (Å²) in [4.78, 5) is 0. The molecule has 0 saturated heterocycles. The van der Waals surface area contributed by atoms with Gasteiger partial charge in [-0.05, 0) is 13.0 Å². The molecule has 0 heterocycles. The molecular formula is C13H18N2O2. The highest BCUT2D eigenvalue weighted by Gasteiger charge is 2.06. The van der Waals surface area contributed by atoms with Crippen molar-refractivity contribution in [3.63, 3.8) is 0 Å². The summed E-state index contributed by atoms with van der Waals surface area (Å²) in [5.41, 5.74) is 1.05. The highest BCUT2D eigenvalue weighted by Crippen LogP contribution is 2.24. The number of benzene rings is 1. The molecule has 1 atom stereocenters. The second kappa shape index (κ2) is 6.77. The van der Waals surface area contributed by atoms with Crippen LogP contribution in [0.2, 0.25) is 0 Å². The van der Waals surface area contributed by atoms with E-state index in [1.807, 2.05) is 25.1 Å². The molecule has 0 aliphatic carbocycles. The maximum Gasteiger partial charge on any atom is 0.127 e. The molecule has 17 heavy (non-hydrogen) atoms. The first-order valence-corrected chi connectivity index (χ1v) is 5.52. The summed E-state index contributed by atoms with van der Waals surface area (Å²) >= 11 is 0. The van der Waals surface area contributed by atoms with E-state index in [1.54, 1.807) is 14.2 Å². The molecule has 1 rings (SSSR count). The molecule has 0 aliphatic heterocycles. The monoisotopic (exact) mass is 234 g/mol. The van der Waals surface area contributed by atoms with Crippen molar-refractivity contribution >= 4 is 0 Å². The molecule has 1 aromatic rings. The van der Waals surface area contributed by atoms with E-state index in [-0.39, 0.29) is 6.04 Å². The molecule has 0 radical (unpaired) electrons. The van der Waals surface area contributed by atoms with Gasteiger partial charge in [0.1, 0.15) is 11.5 Å². The standard InChI is InChI=1S/C13H18N2O2/c1-10(6-7-14)15-9-11-4-5-12(16-2)8-13(11)17-3/h4-5,8,10,15H,6,9H2,1-3H3. The highest BCUT2D eigenvalue weighted by atomic mass is 16.5. The van der Waals surface area contributed by atoms with E-state index in [9.17, 15) is 0 Å². The van der Waals surface area contributed by atoms with E-state index in [1.165, 1.54) is 0 Å². The summed E-state index contributed by atoms with van der Waals surface area (Å²) in [7, 11) is 3.26. The van der Waals surface area contributed by atoms with Gasteiger partial charge in [-0.1, -0.05) is 6.07 Å². The number of nitrogens with zero attached hydrogens (tertiary/aromatic N) is 1. The molecule has 4 heteroatoms. The van der Waals surface area contributed by atoms with Gasteiger partial charge < -0.3 is 14.8 Å². The third-order valence-electron chi connectivity index (χ3n) is 2.53. The van der Waals surface area contributed by atoms with Gasteiger partial charge in [0.25, 0.3) is 0 Å². The van der Waals surface area contributed by atoms with Crippen molar-refractivity contribution < 1.29 is 9.47 Å². The van der Waals surface area contributed by atoms with Crippen LogP contribution in [0, 0.1) is 11.3 Å². The normalized spacial score (nSPS) is 11.6. The Morgan fingerprint density at radius 1 is 1.35 bits per heavy atom. The quantitative estimate of drug-likeness (QED) is 0.819. The van der Waals surface area contributed by atoms with Crippen molar-refractivity contribution in [2.24, 2.45) is 0 Å². The second-order valence-electron chi connectivity index (χ2n) is 3.82. The van der Waals surface area contributed by atoms with Crippen molar-refractivity contribution in [3.8, 4) is 17.6 Å². The highest BCUT2D eigenvalue weighted by molar-refractivity contribution is 5.40. The molecule has 0 saturated carbocycles. The van der Waals surface area contributed by atoms with Crippen LogP contribution in [0.5, 0.6) is 11.5 Å². The van der Waals surface area contributed by atoms with Gasteiger partial charge in [0.05, 0.1) is 26.7 Å². The van der Waals surface area contributed by atoms with Gasteiger partial charge in [0.15, 0.2) is 0 Å². The van der Waals surface area contributed by atoms with E-state index in [0.717, 1.165) is 17.1 Å². The fraction of sp³-hybridized carbons (Fsp3) is 0.462. The van der Waals surface area contributed by atoms with Gasteiger partial charge in [-0.3, -0.25) is 0 Å². The number of hydrogen-bond donors (Lipinski definition) is 1. The maximum absolute atomic E-state index is 8.57. The van der Waals surface area contributed by atoms with Crippen LogP contribution in [0.25, 0.3) is 0 Å². The predicted octanol–water partition coefficient (Wildman–Crippen LogP) is 2.10. The largest absolute Gasteiger partial charge is 0.497 e. The molecule has 0 amide bonds. The fourth-order valence-corrected chi connectivity index (χ4v) is 1.49. The van der Waals surface area contributed by atoms with E-state index in [0.29, 0.717) is 13.0 Å². The molecule has 4 nitrogen and oxygen atoms in total. The summed E-state index contributed by atoms with van der Waals surface area (Å²) in [5.74, 6) is 1.57. The predicted molar refractivity (Wildman–Crippen MR) is 66.1 cm³/mol. The lowest BCUT2D eigenvalue weighted by molar-refractivity contribution is 0.388. The SMILES string of the molecule is COc1ccc(CNC(C)CC#N)c(OC)c1. The van der Waals surface area contributed by atoms with Crippen molar-refractivity contribution in [1.82, 2.24) is 5.32 Å². The zero-order valence-corrected chi connectivity index (χ0v) is 10.5. The topological polar surface area (TPSA) is 54.3 Å². The molecule has 1 N–H and O–H groups in total. The number of hydrogen-bond acceptors (Lipinski definition) is 4. The van der Waals surface area contributed by atoms with Crippen LogP contribution >= 0.6 is 0 Å². The minimum Gasteiger partial charge on any atom is -0.497 e. The minimum absolute atomic E-state index is 0.173. The molecule has 0 aliphatic rings. The molecule has 1 unspecified atom stereocenters. The van der Waals surface area contributed by atoms with Crippen molar-refractivity contribution in [2.45, 2.75) is 25.9 Å². The van der Waals surface area contributed by atoms with E-state index in [2.05, 4.69) is 11.4 Å². The average molecular weight is 234 g/mol. The van der Waals surface area contributed by atoms with Gasteiger partial charge in [-0.15, -0.1) is 0 Å². The van der Waals surface area contributed by atoms with Crippen LogP contribution < -0.4 is 14.8 Å². The summed E-state index contributed by atoms with van der Waals surface area (Å²) in [5, 5.41) is 11.8. The van der Waals surface area contributed by atoms with E-state index < -0.39 is 0 Å². The average Bonchev–Trinajstić information content (AvgIpc) is 2.36. The number of nitrogens with one attached hydrogen (secondary N) is 1. The smallest absolute Gasteiger partial charge is 0.127 e. The lowest BCUT2D eigenvalue weighted by atomic mass is 10.1. The van der Waals surface area contributed by atoms with Gasteiger partial charge in [0.2, 0.25) is 0 Å². The molecule has 0 fully saturated rings. The second-order valence-corrected chi connectivity index (χ2v) is 3.82. The van der Waals surface area contributed by atoms with Crippen LogP contribution in [0.1, 0.15) is 18.9 Å². The number of methoxy groups -OCH3 is 2. The zero-order chi connectivity index (χ0) is 12.7. The summed E-state index contributed by atoms with van der Waals surface area (Å²) in [6.45, 7) is 2.66. The number of ether oxygens (including phenoxy) is 2. The van der Waals surface area contributed by atoms with Crippen LogP contribution in [-0.2, 0) is 6.54 Å². The fourth-order valence-electron chi connectivity index (χ4n) is 1.49. The van der Waals surface area contributed by atoms with E-state index >= 15 is 0 Å². The van der Waals surface area contributed by atoms with Crippen molar-refractivity contribution in [3.05, 3.63) is 23.8 Å². The first-order chi connectivity index (χ1) is 8.21. The minimum atomic E-state index is 0.173. The Morgan fingerprint density at radius 3 is 2.71 bits per heavy atom. The maximum atomic E-state index is 8.57. The Balaban J connectivity index is 2.67. The number of rotatable bonds is 6. The number of nitriles is 1. The Labute approximate surface area is 102 Å². The lowest BCUT2D eigenvalue weighted by Gasteiger charge is -2.13. The third kappa shape index (κ3) is 3.97. The van der Waals surface area contributed by atoms with Crippen LogP contribution in [0.15, 0.2) is 18.2 Å². The summed E-state index contributed by atoms with van der Waals surface area (Å²) in [6.07, 6.45) is 0.498. The first kappa shape index (κ1) is 13.3. The Hall–Kier alpha value is -1.73. The van der Waals surface area contributed by atoms with E-state index in [4.69, 9.17) is 14.7 Å². The Bertz CT molecular complexity index is 399. The van der Waals surface area contributed by atoms with Crippen molar-refractivity contribution in [1.29, 1.82) is 5.26 Å². The Kier molecular flexibility index (Phi) is 5.31. The van der Waals surface area contributed by atoms with Gasteiger partial charge in [-0.25, -0.2) is 0 Å². The summed E-state index contributed by atoms with van der Waals surface area (Å²) in [6, 6.07) is 8.02. The van der Waals surface area contributed by atoms with Gasteiger partial charge >= 0.3 is 0 Å². The Morgan fingerprint density at radius 2 is 2.12 bits per heavy atom. The molecule has 0 aromatic heterocycles. The van der Waals surface area contributed by atoms with Gasteiger partial charge in [-0.2, -0.15) is 5.26 Å². The third-order valence-corrected chi connectivity index (χ3v) is 2.53. The van der Waals surface area contributed by atoms with Crippen LogP contribution in [0.4, 0.5) is 0 Å². The zero-order valence-electron chi connectivity index (χ0n) is 10.5. The molecule has 0 bridgehead atoms. The molecule has 92 valence electrons. The molecule has 0 spiro atoms.